The van der Waals surface area contributed by atoms with Crippen molar-refractivity contribution >= 4 is 17.8 Å². The van der Waals surface area contributed by atoms with E-state index in [9.17, 15) is 13.2 Å². The average molecular weight is 320 g/mol. The van der Waals surface area contributed by atoms with Crippen molar-refractivity contribution in [2.24, 2.45) is 5.16 Å². The van der Waals surface area contributed by atoms with Crippen LogP contribution in [0.5, 0.6) is 5.75 Å². The Labute approximate surface area is 122 Å². The van der Waals surface area contributed by atoms with Crippen LogP contribution in [-0.4, -0.2) is 28.3 Å². The zero-order valence-electron chi connectivity index (χ0n) is 10.6. The molecule has 2 rings (SSSR count). The van der Waals surface area contributed by atoms with Gasteiger partial charge in [0.15, 0.2) is 5.69 Å². The summed E-state index contributed by atoms with van der Waals surface area (Å²) in [6.07, 6.45) is -4.13. The highest BCUT2D eigenvalue weighted by Gasteiger charge is 2.39. The molecule has 9 heteroatoms. The molecule has 0 aliphatic carbocycles. The van der Waals surface area contributed by atoms with Gasteiger partial charge in [-0.15, -0.1) is 0 Å². The molecule has 0 spiro atoms. The summed E-state index contributed by atoms with van der Waals surface area (Å²) in [7, 11) is 1.47. The van der Waals surface area contributed by atoms with Gasteiger partial charge in [0.1, 0.15) is 10.9 Å². The summed E-state index contributed by atoms with van der Waals surface area (Å²) in [5.74, 6) is 0.537. The van der Waals surface area contributed by atoms with Gasteiger partial charge < -0.3 is 9.94 Å². The van der Waals surface area contributed by atoms with E-state index in [1.54, 1.807) is 12.1 Å². The molecule has 0 saturated heterocycles. The summed E-state index contributed by atoms with van der Waals surface area (Å²) in [5.41, 5.74) is -1.44. The fourth-order valence-electron chi connectivity index (χ4n) is 1.69. The van der Waals surface area contributed by atoms with E-state index < -0.39 is 17.4 Å². The standard InChI is InChI=1S/C12H9ClF3N3O2/c1-21-8-4-2-7(3-5-8)19-11(13)9(6-17-20)10(18-19)12(14,15)16/h2-6,20H,1H3/b17-6+. The predicted octanol–water partition coefficient (Wildman–Crippen LogP) is 3.36. The lowest BCUT2D eigenvalue weighted by atomic mass is 10.2. The molecule has 1 aromatic carbocycles. The largest absolute Gasteiger partial charge is 0.497 e. The fourth-order valence-corrected chi connectivity index (χ4v) is 1.96. The van der Waals surface area contributed by atoms with Crippen molar-refractivity contribution < 1.29 is 23.1 Å². The highest BCUT2D eigenvalue weighted by Crippen LogP contribution is 2.34. The number of alkyl halides is 3. The number of oxime groups is 1. The van der Waals surface area contributed by atoms with Crippen molar-refractivity contribution in [3.05, 3.63) is 40.7 Å². The monoisotopic (exact) mass is 319 g/mol. The third-order valence-electron chi connectivity index (χ3n) is 2.64. The lowest BCUT2D eigenvalue weighted by Crippen LogP contribution is -2.09. The predicted molar refractivity (Wildman–Crippen MR) is 69.5 cm³/mol. The molecule has 0 bridgehead atoms. The Morgan fingerprint density at radius 2 is 1.95 bits per heavy atom. The average Bonchev–Trinajstić information content (AvgIpc) is 2.77. The lowest BCUT2D eigenvalue weighted by molar-refractivity contribution is -0.141. The molecule has 0 saturated carbocycles. The van der Waals surface area contributed by atoms with Gasteiger partial charge in [0.2, 0.25) is 0 Å². The molecule has 0 aliphatic heterocycles. The van der Waals surface area contributed by atoms with Crippen molar-refractivity contribution in [3.63, 3.8) is 0 Å². The van der Waals surface area contributed by atoms with E-state index in [1.165, 1.54) is 19.2 Å². The van der Waals surface area contributed by atoms with Crippen LogP contribution in [0.4, 0.5) is 13.2 Å². The maximum Gasteiger partial charge on any atom is 0.435 e. The van der Waals surface area contributed by atoms with Crippen molar-refractivity contribution in [2.45, 2.75) is 6.18 Å². The van der Waals surface area contributed by atoms with Crippen LogP contribution in [0.25, 0.3) is 5.69 Å². The molecule has 2 aromatic rings. The molecule has 1 heterocycles. The number of hydrogen-bond acceptors (Lipinski definition) is 4. The van der Waals surface area contributed by atoms with Gasteiger partial charge in [-0.25, -0.2) is 4.68 Å². The summed E-state index contributed by atoms with van der Waals surface area (Å²) < 4.78 is 44.6. The van der Waals surface area contributed by atoms with E-state index in [0.717, 1.165) is 4.68 Å². The maximum atomic E-state index is 12.9. The van der Waals surface area contributed by atoms with Crippen LogP contribution in [0.1, 0.15) is 11.3 Å². The number of nitrogens with zero attached hydrogens (tertiary/aromatic N) is 3. The van der Waals surface area contributed by atoms with Gasteiger partial charge >= 0.3 is 6.18 Å². The molecule has 0 aliphatic rings. The summed E-state index contributed by atoms with van der Waals surface area (Å²) in [6.45, 7) is 0. The normalized spacial score (nSPS) is 12.0. The summed E-state index contributed by atoms with van der Waals surface area (Å²) in [6, 6.07) is 6.11. The molecule has 5 nitrogen and oxygen atoms in total. The topological polar surface area (TPSA) is 59.6 Å². The third-order valence-corrected chi connectivity index (χ3v) is 3.00. The van der Waals surface area contributed by atoms with Gasteiger partial charge in [-0.3, -0.25) is 0 Å². The molecule has 112 valence electrons. The minimum atomic E-state index is -4.72. The molecular weight excluding hydrogens is 311 g/mol. The number of hydrogen-bond donors (Lipinski definition) is 1. The zero-order valence-corrected chi connectivity index (χ0v) is 11.4. The third kappa shape index (κ3) is 2.94. The molecule has 0 radical (unpaired) electrons. The van der Waals surface area contributed by atoms with Crippen LogP contribution >= 0.6 is 11.6 Å². The first-order valence-electron chi connectivity index (χ1n) is 5.56. The van der Waals surface area contributed by atoms with Crippen LogP contribution in [0.2, 0.25) is 5.15 Å². The van der Waals surface area contributed by atoms with Gasteiger partial charge in [0.25, 0.3) is 0 Å². The quantitative estimate of drug-likeness (QED) is 0.536. The molecule has 21 heavy (non-hydrogen) atoms. The van der Waals surface area contributed by atoms with Gasteiger partial charge in [-0.2, -0.15) is 18.3 Å². The van der Waals surface area contributed by atoms with E-state index in [-0.39, 0.29) is 5.15 Å². The van der Waals surface area contributed by atoms with Crippen LogP contribution < -0.4 is 4.74 Å². The second-order valence-corrected chi connectivity index (χ2v) is 4.26. The van der Waals surface area contributed by atoms with E-state index in [1.807, 2.05) is 0 Å². The first-order chi connectivity index (χ1) is 9.88. The number of rotatable bonds is 3. The SMILES string of the molecule is COc1ccc(-n2nc(C(F)(F)F)c(/C=N/O)c2Cl)cc1. The Kier molecular flexibility index (Phi) is 4.08. The van der Waals surface area contributed by atoms with Crippen LogP contribution in [-0.2, 0) is 6.18 Å². The Morgan fingerprint density at radius 3 is 2.43 bits per heavy atom. The van der Waals surface area contributed by atoms with Gasteiger partial charge in [0.05, 0.1) is 24.6 Å². The second kappa shape index (κ2) is 5.65. The number of aromatic nitrogens is 2. The van der Waals surface area contributed by atoms with Gasteiger partial charge in [-0.1, -0.05) is 16.8 Å². The van der Waals surface area contributed by atoms with Crippen LogP contribution in [0.15, 0.2) is 29.4 Å². The molecule has 0 amide bonds. The number of ether oxygens (including phenoxy) is 1. The van der Waals surface area contributed by atoms with Gasteiger partial charge in [0, 0.05) is 0 Å². The highest BCUT2D eigenvalue weighted by molar-refractivity contribution is 6.32. The van der Waals surface area contributed by atoms with Crippen molar-refractivity contribution in [3.8, 4) is 11.4 Å². The molecule has 0 unspecified atom stereocenters. The smallest absolute Gasteiger partial charge is 0.435 e. The van der Waals surface area contributed by atoms with Crippen molar-refractivity contribution in [1.82, 2.24) is 9.78 Å². The van der Waals surface area contributed by atoms with Crippen molar-refractivity contribution in [1.29, 1.82) is 0 Å². The van der Waals surface area contributed by atoms with E-state index in [4.69, 9.17) is 21.5 Å². The Balaban J connectivity index is 2.58. The Bertz CT molecular complexity index is 666. The first kappa shape index (κ1) is 15.2. The zero-order chi connectivity index (χ0) is 15.6. The van der Waals surface area contributed by atoms with E-state index >= 15 is 0 Å². The van der Waals surface area contributed by atoms with E-state index in [2.05, 4.69) is 10.3 Å². The fraction of sp³-hybridized carbons (Fsp3) is 0.167. The van der Waals surface area contributed by atoms with E-state index in [0.29, 0.717) is 17.7 Å². The Morgan fingerprint density at radius 1 is 1.33 bits per heavy atom. The summed E-state index contributed by atoms with van der Waals surface area (Å²) in [4.78, 5) is 0. The van der Waals surface area contributed by atoms with Crippen molar-refractivity contribution in [2.75, 3.05) is 7.11 Å². The van der Waals surface area contributed by atoms with Crippen LogP contribution in [0, 0.1) is 0 Å². The molecule has 1 aromatic heterocycles. The minimum Gasteiger partial charge on any atom is -0.497 e. The first-order valence-corrected chi connectivity index (χ1v) is 5.94. The van der Waals surface area contributed by atoms with Gasteiger partial charge in [-0.05, 0) is 24.3 Å². The molecule has 0 atom stereocenters. The number of methoxy groups -OCH3 is 1. The van der Waals surface area contributed by atoms with Crippen LogP contribution in [0.3, 0.4) is 0 Å². The number of halogens is 4. The number of benzene rings is 1. The highest BCUT2D eigenvalue weighted by atomic mass is 35.5. The second-order valence-electron chi connectivity index (χ2n) is 3.91. The molecule has 0 fully saturated rings. The Hall–Kier alpha value is -2.22. The lowest BCUT2D eigenvalue weighted by Gasteiger charge is -2.05. The molecule has 1 N–H and O–H groups in total. The summed E-state index contributed by atoms with van der Waals surface area (Å²) in [5, 5.41) is 14.2. The minimum absolute atomic E-state index is 0.309. The maximum absolute atomic E-state index is 12.9. The molecular formula is C12H9ClF3N3O2. The summed E-state index contributed by atoms with van der Waals surface area (Å²) >= 11 is 5.89.